The lowest BCUT2D eigenvalue weighted by Gasteiger charge is -2.12. The molecule has 0 aromatic rings. The van der Waals surface area contributed by atoms with Crippen molar-refractivity contribution in [2.45, 2.75) is 6.92 Å². The third-order valence-corrected chi connectivity index (χ3v) is 2.12. The topological polar surface area (TPSA) is 65.1 Å². The smallest absolute Gasteiger partial charge is 0.141 e. The Morgan fingerprint density at radius 1 is 1.80 bits per heavy atom. The molecule has 0 aliphatic carbocycles. The molecule has 0 saturated heterocycles. The van der Waals surface area contributed by atoms with E-state index < -0.39 is 0 Å². The summed E-state index contributed by atoms with van der Waals surface area (Å²) in [5.41, 5.74) is 6.08. The molecule has 1 heterocycles. The maximum Gasteiger partial charge on any atom is 0.141 e. The number of nitrogens with zero attached hydrogens (tertiary/aromatic N) is 1. The Hall–Kier alpha value is -0.680. The summed E-state index contributed by atoms with van der Waals surface area (Å²) < 4.78 is 0. The highest BCUT2D eigenvalue weighted by Gasteiger charge is 2.18. The van der Waals surface area contributed by atoms with E-state index in [9.17, 15) is 0 Å². The van der Waals surface area contributed by atoms with Gasteiger partial charge in [-0.25, -0.2) is 0 Å². The molecule has 0 radical (unpaired) electrons. The maximum absolute atomic E-state index is 7.18. The Labute approximate surface area is 64.1 Å². The van der Waals surface area contributed by atoms with Crippen LogP contribution < -0.4 is 10.6 Å². The van der Waals surface area contributed by atoms with E-state index >= 15 is 0 Å². The zero-order valence-corrected chi connectivity index (χ0v) is 6.75. The monoisotopic (exact) mass is 158 g/mol. The van der Waals surface area contributed by atoms with E-state index in [1.54, 1.807) is 5.01 Å². The summed E-state index contributed by atoms with van der Waals surface area (Å²) in [4.78, 5) is 3.99. The first-order valence-electron chi connectivity index (χ1n) is 2.84. The molecule has 4 nitrogen and oxygen atoms in total. The highest BCUT2D eigenvalue weighted by molar-refractivity contribution is 8.01. The van der Waals surface area contributed by atoms with Gasteiger partial charge in [0.15, 0.2) is 0 Å². The minimum atomic E-state index is 0.109. The molecule has 0 aromatic heterocycles. The van der Waals surface area contributed by atoms with Crippen LogP contribution in [0.4, 0.5) is 0 Å². The Bertz CT molecular complexity index is 198. The summed E-state index contributed by atoms with van der Waals surface area (Å²) >= 11 is 1.48. The van der Waals surface area contributed by atoms with Crippen LogP contribution >= 0.6 is 11.9 Å². The van der Waals surface area contributed by atoms with Crippen molar-refractivity contribution in [3.05, 3.63) is 10.6 Å². The molecule has 0 amide bonds. The SMILES string of the molecule is CC1=C(C(=N)N)N(C)NS1. The van der Waals surface area contributed by atoms with Crippen LogP contribution in [0.15, 0.2) is 10.6 Å². The normalized spacial score (nSPS) is 18.4. The second-order valence-electron chi connectivity index (χ2n) is 2.07. The molecule has 0 aromatic carbocycles. The lowest BCUT2D eigenvalue weighted by atomic mass is 10.4. The molecule has 4 N–H and O–H groups in total. The maximum atomic E-state index is 7.18. The third kappa shape index (κ3) is 1.10. The number of nitrogens with two attached hydrogens (primary N) is 1. The number of hydrazine groups is 1. The molecular weight excluding hydrogens is 148 g/mol. The van der Waals surface area contributed by atoms with Gasteiger partial charge < -0.3 is 5.73 Å². The van der Waals surface area contributed by atoms with Crippen molar-refractivity contribution in [1.82, 2.24) is 9.84 Å². The summed E-state index contributed by atoms with van der Waals surface area (Å²) in [6.45, 7) is 1.93. The van der Waals surface area contributed by atoms with Crippen molar-refractivity contribution < 1.29 is 0 Å². The predicted molar refractivity (Wildman–Crippen MR) is 43.1 cm³/mol. The predicted octanol–water partition coefficient (Wildman–Crippen LogP) is 0.252. The molecule has 0 spiro atoms. The Morgan fingerprint density at radius 3 is 2.60 bits per heavy atom. The van der Waals surface area contributed by atoms with Crippen molar-refractivity contribution in [3.63, 3.8) is 0 Å². The average Bonchev–Trinajstić information content (AvgIpc) is 2.11. The third-order valence-electron chi connectivity index (χ3n) is 1.26. The molecule has 5 heteroatoms. The summed E-state index contributed by atoms with van der Waals surface area (Å²) in [5.74, 6) is 0.109. The molecule has 10 heavy (non-hydrogen) atoms. The van der Waals surface area contributed by atoms with Gasteiger partial charge in [0, 0.05) is 12.0 Å². The van der Waals surface area contributed by atoms with Gasteiger partial charge in [-0.1, -0.05) is 0 Å². The van der Waals surface area contributed by atoms with Crippen LogP contribution in [0.25, 0.3) is 0 Å². The van der Waals surface area contributed by atoms with Crippen LogP contribution in [0.1, 0.15) is 6.92 Å². The number of hydrogen-bond acceptors (Lipinski definition) is 4. The van der Waals surface area contributed by atoms with Crippen LogP contribution in [0.5, 0.6) is 0 Å². The van der Waals surface area contributed by atoms with E-state index in [1.165, 1.54) is 11.9 Å². The summed E-state index contributed by atoms with van der Waals surface area (Å²) in [7, 11) is 1.83. The number of amidine groups is 1. The zero-order valence-electron chi connectivity index (χ0n) is 5.93. The number of allylic oxidation sites excluding steroid dienone is 1. The molecule has 0 saturated carbocycles. The standard InChI is InChI=1S/C5H10N4S/c1-3-4(5(6)7)9(2)8-10-3/h8H,1-2H3,(H3,6,7). The summed E-state index contributed by atoms with van der Waals surface area (Å²) in [6.07, 6.45) is 0. The first-order valence-corrected chi connectivity index (χ1v) is 3.66. The van der Waals surface area contributed by atoms with E-state index in [-0.39, 0.29) is 5.84 Å². The fourth-order valence-electron chi connectivity index (χ4n) is 0.837. The van der Waals surface area contributed by atoms with E-state index in [4.69, 9.17) is 11.1 Å². The fourth-order valence-corrected chi connectivity index (χ4v) is 1.55. The number of rotatable bonds is 1. The Morgan fingerprint density at radius 2 is 2.40 bits per heavy atom. The van der Waals surface area contributed by atoms with Crippen LogP contribution in [0.3, 0.4) is 0 Å². The van der Waals surface area contributed by atoms with Gasteiger partial charge in [0.2, 0.25) is 0 Å². The van der Waals surface area contributed by atoms with Crippen LogP contribution in [0.2, 0.25) is 0 Å². The van der Waals surface area contributed by atoms with E-state index in [0.29, 0.717) is 0 Å². The van der Waals surface area contributed by atoms with Gasteiger partial charge in [-0.2, -0.15) is 4.83 Å². The van der Waals surface area contributed by atoms with E-state index in [2.05, 4.69) is 4.83 Å². The van der Waals surface area contributed by atoms with Crippen LogP contribution in [-0.4, -0.2) is 17.9 Å². The highest BCUT2D eigenvalue weighted by Crippen LogP contribution is 2.24. The zero-order chi connectivity index (χ0) is 7.72. The second kappa shape index (κ2) is 2.51. The van der Waals surface area contributed by atoms with Crippen molar-refractivity contribution in [2.75, 3.05) is 7.05 Å². The number of likely N-dealkylation sites (N-methyl/N-ethyl adjacent to an activating group) is 1. The molecule has 0 fully saturated rings. The molecule has 0 bridgehead atoms. The van der Waals surface area contributed by atoms with Crippen molar-refractivity contribution >= 4 is 17.8 Å². The summed E-state index contributed by atoms with van der Waals surface area (Å²) in [5, 5.41) is 8.92. The Balaban J connectivity index is 2.88. The molecule has 1 aliphatic heterocycles. The van der Waals surface area contributed by atoms with Gasteiger partial charge in [0.1, 0.15) is 11.5 Å². The van der Waals surface area contributed by atoms with Gasteiger partial charge >= 0.3 is 0 Å². The van der Waals surface area contributed by atoms with Crippen molar-refractivity contribution in [1.29, 1.82) is 5.41 Å². The second-order valence-corrected chi connectivity index (χ2v) is 3.07. The lowest BCUT2D eigenvalue weighted by molar-refractivity contribution is 0.423. The first-order chi connectivity index (χ1) is 4.63. The highest BCUT2D eigenvalue weighted by atomic mass is 32.2. The fraction of sp³-hybridized carbons (Fsp3) is 0.400. The minimum Gasteiger partial charge on any atom is -0.382 e. The number of nitrogens with one attached hydrogen (secondary N) is 2. The van der Waals surface area contributed by atoms with Gasteiger partial charge in [-0.05, 0) is 18.9 Å². The van der Waals surface area contributed by atoms with Gasteiger partial charge in [0.05, 0.1) is 0 Å². The van der Waals surface area contributed by atoms with E-state index in [0.717, 1.165) is 10.6 Å². The molecule has 56 valence electrons. The van der Waals surface area contributed by atoms with Crippen LogP contribution in [0, 0.1) is 5.41 Å². The quantitative estimate of drug-likeness (QED) is 0.291. The van der Waals surface area contributed by atoms with E-state index in [1.807, 2.05) is 14.0 Å². The molecule has 0 atom stereocenters. The largest absolute Gasteiger partial charge is 0.382 e. The van der Waals surface area contributed by atoms with Crippen molar-refractivity contribution in [2.24, 2.45) is 5.73 Å². The molecule has 1 aliphatic rings. The number of hydrogen-bond donors (Lipinski definition) is 3. The summed E-state index contributed by atoms with van der Waals surface area (Å²) in [6, 6.07) is 0. The van der Waals surface area contributed by atoms with Gasteiger partial charge in [-0.3, -0.25) is 10.4 Å². The van der Waals surface area contributed by atoms with Crippen molar-refractivity contribution in [3.8, 4) is 0 Å². The molecular formula is C5H10N4S. The first kappa shape index (κ1) is 7.43. The lowest BCUT2D eigenvalue weighted by Crippen LogP contribution is -2.30. The average molecular weight is 158 g/mol. The Kier molecular flexibility index (Phi) is 1.87. The van der Waals surface area contributed by atoms with Gasteiger partial charge in [-0.15, -0.1) is 0 Å². The minimum absolute atomic E-state index is 0.109. The van der Waals surface area contributed by atoms with Gasteiger partial charge in [0.25, 0.3) is 0 Å². The molecule has 0 unspecified atom stereocenters. The molecule has 1 rings (SSSR count). The van der Waals surface area contributed by atoms with Crippen LogP contribution in [-0.2, 0) is 0 Å².